The Bertz CT molecular complexity index is 371. The molecule has 3 nitrogen and oxygen atoms in total. The number of nitrogens with one attached hydrogen (secondary N) is 1. The Balaban J connectivity index is 1.92. The Kier molecular flexibility index (Phi) is 7.14. The van der Waals surface area contributed by atoms with E-state index in [-0.39, 0.29) is 0 Å². The Hall–Kier alpha value is -0.960. The van der Waals surface area contributed by atoms with Gasteiger partial charge >= 0.3 is 0 Å². The molecule has 1 N–H and O–H groups in total. The number of unbranched alkanes of at least 4 members (excludes halogenated alkanes) is 1. The van der Waals surface area contributed by atoms with Crippen LogP contribution in [0, 0.1) is 11.8 Å². The van der Waals surface area contributed by atoms with Crippen LogP contribution in [0.4, 0.5) is 0 Å². The van der Waals surface area contributed by atoms with Crippen molar-refractivity contribution in [2.75, 3.05) is 6.54 Å². The maximum atomic E-state index is 4.21. The van der Waals surface area contributed by atoms with Crippen molar-refractivity contribution in [2.24, 2.45) is 11.8 Å². The lowest BCUT2D eigenvalue weighted by atomic mass is 9.75. The lowest BCUT2D eigenvalue weighted by molar-refractivity contribution is 0.212. The molecule has 1 heterocycles. The van der Waals surface area contributed by atoms with Gasteiger partial charge in [0.2, 0.25) is 0 Å². The summed E-state index contributed by atoms with van der Waals surface area (Å²) >= 11 is 0. The van der Waals surface area contributed by atoms with E-state index < -0.39 is 0 Å². The summed E-state index contributed by atoms with van der Waals surface area (Å²) in [5, 5.41) is 3.73. The first-order valence-corrected chi connectivity index (χ1v) is 8.83. The van der Waals surface area contributed by atoms with E-state index in [9.17, 15) is 0 Å². The Morgan fingerprint density at radius 3 is 2.43 bits per heavy atom. The topological polar surface area (TPSA) is 37.8 Å². The summed E-state index contributed by atoms with van der Waals surface area (Å²) < 4.78 is 0. The third kappa shape index (κ3) is 5.06. The summed E-state index contributed by atoms with van der Waals surface area (Å²) in [4.78, 5) is 8.43. The van der Waals surface area contributed by atoms with Crippen molar-refractivity contribution in [1.29, 1.82) is 0 Å². The van der Waals surface area contributed by atoms with Gasteiger partial charge < -0.3 is 5.32 Å². The SMILES string of the molecule is CCCCC1CCC(C(NCCC)c2cncnc2)CC1. The first-order chi connectivity index (χ1) is 10.3. The van der Waals surface area contributed by atoms with Gasteiger partial charge in [0, 0.05) is 24.0 Å². The van der Waals surface area contributed by atoms with Crippen LogP contribution in [-0.4, -0.2) is 16.5 Å². The highest BCUT2D eigenvalue weighted by molar-refractivity contribution is 5.11. The third-order valence-corrected chi connectivity index (χ3v) is 4.88. The number of hydrogen-bond acceptors (Lipinski definition) is 3. The van der Waals surface area contributed by atoms with Gasteiger partial charge in [0.1, 0.15) is 6.33 Å². The molecule has 1 saturated carbocycles. The molecule has 0 saturated heterocycles. The van der Waals surface area contributed by atoms with Crippen molar-refractivity contribution < 1.29 is 0 Å². The molecule has 1 atom stereocenters. The zero-order chi connectivity index (χ0) is 14.9. The average Bonchev–Trinajstić information content (AvgIpc) is 2.55. The summed E-state index contributed by atoms with van der Waals surface area (Å²) in [6, 6.07) is 0.443. The van der Waals surface area contributed by atoms with Gasteiger partial charge in [-0.25, -0.2) is 9.97 Å². The minimum atomic E-state index is 0.443. The van der Waals surface area contributed by atoms with Crippen LogP contribution in [0.5, 0.6) is 0 Å². The average molecular weight is 289 g/mol. The fourth-order valence-corrected chi connectivity index (χ4v) is 3.63. The van der Waals surface area contributed by atoms with Crippen LogP contribution in [0.3, 0.4) is 0 Å². The van der Waals surface area contributed by atoms with Crippen LogP contribution < -0.4 is 5.32 Å². The van der Waals surface area contributed by atoms with Gasteiger partial charge in [-0.3, -0.25) is 0 Å². The molecule has 21 heavy (non-hydrogen) atoms. The predicted molar refractivity (Wildman–Crippen MR) is 88.0 cm³/mol. The summed E-state index contributed by atoms with van der Waals surface area (Å²) in [6.07, 6.45) is 16.5. The first-order valence-electron chi connectivity index (χ1n) is 8.83. The lowest BCUT2D eigenvalue weighted by Crippen LogP contribution is -2.31. The van der Waals surface area contributed by atoms with E-state index in [1.807, 2.05) is 12.4 Å². The number of nitrogens with zero attached hydrogens (tertiary/aromatic N) is 2. The highest BCUT2D eigenvalue weighted by atomic mass is 14.9. The van der Waals surface area contributed by atoms with Crippen LogP contribution in [0.2, 0.25) is 0 Å². The Morgan fingerprint density at radius 2 is 1.81 bits per heavy atom. The summed E-state index contributed by atoms with van der Waals surface area (Å²) in [5.74, 6) is 1.72. The standard InChI is InChI=1S/C18H31N3/c1-3-5-6-15-7-9-16(10-8-15)18(21-11-4-2)17-12-19-14-20-13-17/h12-16,18,21H,3-11H2,1-2H3. The predicted octanol–water partition coefficient (Wildman–Crippen LogP) is 4.51. The molecule has 1 aromatic heterocycles. The largest absolute Gasteiger partial charge is 0.310 e. The second-order valence-electron chi connectivity index (χ2n) is 6.53. The Labute approximate surface area is 130 Å². The molecule has 2 rings (SSSR count). The van der Waals surface area contributed by atoms with Gasteiger partial charge in [-0.05, 0) is 37.6 Å². The fourth-order valence-electron chi connectivity index (χ4n) is 3.63. The quantitative estimate of drug-likeness (QED) is 0.765. The molecule has 1 fully saturated rings. The molecule has 1 aliphatic carbocycles. The fraction of sp³-hybridized carbons (Fsp3) is 0.778. The maximum Gasteiger partial charge on any atom is 0.115 e. The van der Waals surface area contributed by atoms with Crippen LogP contribution in [-0.2, 0) is 0 Å². The monoisotopic (exact) mass is 289 g/mol. The van der Waals surface area contributed by atoms with E-state index in [1.165, 1.54) is 56.9 Å². The van der Waals surface area contributed by atoms with Gasteiger partial charge in [0.15, 0.2) is 0 Å². The van der Waals surface area contributed by atoms with E-state index in [0.717, 1.165) is 18.4 Å². The summed E-state index contributed by atoms with van der Waals surface area (Å²) in [5.41, 5.74) is 1.27. The highest BCUT2D eigenvalue weighted by Gasteiger charge is 2.28. The van der Waals surface area contributed by atoms with Gasteiger partial charge in [-0.2, -0.15) is 0 Å². The van der Waals surface area contributed by atoms with Gasteiger partial charge in [-0.1, -0.05) is 46.0 Å². The van der Waals surface area contributed by atoms with E-state index in [0.29, 0.717) is 6.04 Å². The minimum absolute atomic E-state index is 0.443. The van der Waals surface area contributed by atoms with Crippen LogP contribution in [0.1, 0.15) is 76.8 Å². The number of aromatic nitrogens is 2. The summed E-state index contributed by atoms with van der Waals surface area (Å²) in [6.45, 7) is 5.61. The Morgan fingerprint density at radius 1 is 1.10 bits per heavy atom. The third-order valence-electron chi connectivity index (χ3n) is 4.88. The first kappa shape index (κ1) is 16.4. The zero-order valence-corrected chi connectivity index (χ0v) is 13.7. The van der Waals surface area contributed by atoms with Gasteiger partial charge in [-0.15, -0.1) is 0 Å². The van der Waals surface area contributed by atoms with Crippen LogP contribution in [0.15, 0.2) is 18.7 Å². The van der Waals surface area contributed by atoms with Crippen molar-refractivity contribution in [3.05, 3.63) is 24.3 Å². The van der Waals surface area contributed by atoms with Crippen molar-refractivity contribution in [2.45, 2.75) is 71.3 Å². The van der Waals surface area contributed by atoms with Crippen LogP contribution >= 0.6 is 0 Å². The molecular formula is C18H31N3. The van der Waals surface area contributed by atoms with Crippen molar-refractivity contribution in [3.63, 3.8) is 0 Å². The molecule has 0 aromatic carbocycles. The molecule has 0 bridgehead atoms. The second-order valence-corrected chi connectivity index (χ2v) is 6.53. The van der Waals surface area contributed by atoms with E-state index in [4.69, 9.17) is 0 Å². The van der Waals surface area contributed by atoms with Gasteiger partial charge in [0.25, 0.3) is 0 Å². The smallest absolute Gasteiger partial charge is 0.115 e. The molecular weight excluding hydrogens is 258 g/mol. The molecule has 0 spiro atoms. The van der Waals surface area contributed by atoms with Crippen molar-refractivity contribution >= 4 is 0 Å². The maximum absolute atomic E-state index is 4.21. The normalized spacial score (nSPS) is 23.9. The molecule has 118 valence electrons. The van der Waals surface area contributed by atoms with E-state index in [1.54, 1.807) is 6.33 Å². The molecule has 1 aromatic rings. The van der Waals surface area contributed by atoms with E-state index >= 15 is 0 Å². The molecule has 0 radical (unpaired) electrons. The van der Waals surface area contributed by atoms with Gasteiger partial charge in [0.05, 0.1) is 0 Å². The minimum Gasteiger partial charge on any atom is -0.310 e. The lowest BCUT2D eigenvalue weighted by Gasteiger charge is -2.34. The molecule has 1 aliphatic rings. The second kappa shape index (κ2) is 9.14. The number of rotatable bonds is 8. The summed E-state index contributed by atoms with van der Waals surface area (Å²) in [7, 11) is 0. The number of hydrogen-bond donors (Lipinski definition) is 1. The molecule has 0 aliphatic heterocycles. The zero-order valence-electron chi connectivity index (χ0n) is 13.7. The molecule has 0 amide bonds. The molecule has 3 heteroatoms. The van der Waals surface area contributed by atoms with Crippen molar-refractivity contribution in [3.8, 4) is 0 Å². The highest BCUT2D eigenvalue weighted by Crippen LogP contribution is 2.38. The van der Waals surface area contributed by atoms with Crippen LogP contribution in [0.25, 0.3) is 0 Å². The molecule has 1 unspecified atom stereocenters. The van der Waals surface area contributed by atoms with E-state index in [2.05, 4.69) is 29.1 Å². The van der Waals surface area contributed by atoms with Crippen molar-refractivity contribution in [1.82, 2.24) is 15.3 Å².